The highest BCUT2D eigenvalue weighted by Crippen LogP contribution is 2.20. The van der Waals surface area contributed by atoms with Crippen LogP contribution in [-0.2, 0) is 30.2 Å². The Kier molecular flexibility index (Phi) is 3.79. The molecule has 9 heteroatoms. The second-order valence-electron chi connectivity index (χ2n) is 5.16. The topological polar surface area (TPSA) is 105 Å². The van der Waals surface area contributed by atoms with Gasteiger partial charge in [-0.15, -0.1) is 0 Å². The summed E-state index contributed by atoms with van der Waals surface area (Å²) in [5.41, 5.74) is 0.647. The molecule has 0 unspecified atom stereocenters. The van der Waals surface area contributed by atoms with Gasteiger partial charge in [-0.2, -0.15) is 5.10 Å². The zero-order valence-electron chi connectivity index (χ0n) is 11.7. The van der Waals surface area contributed by atoms with Crippen LogP contribution in [-0.4, -0.2) is 34.2 Å². The lowest BCUT2D eigenvalue weighted by Crippen LogP contribution is -2.27. The summed E-state index contributed by atoms with van der Waals surface area (Å²) < 4.78 is 29.0. The largest absolute Gasteiger partial charge is 0.337 e. The van der Waals surface area contributed by atoms with Gasteiger partial charge in [-0.25, -0.2) is 18.1 Å². The Balaban J connectivity index is 1.69. The van der Waals surface area contributed by atoms with Crippen LogP contribution in [0.4, 0.5) is 0 Å². The Labute approximate surface area is 123 Å². The summed E-state index contributed by atoms with van der Waals surface area (Å²) in [4.78, 5) is 4.09. The van der Waals surface area contributed by atoms with Crippen LogP contribution < -0.4 is 10.0 Å². The molecular formula is C12H18N6O2S. The second-order valence-corrected chi connectivity index (χ2v) is 6.86. The summed E-state index contributed by atoms with van der Waals surface area (Å²) in [6.07, 6.45) is 7.25. The molecule has 0 atom stereocenters. The lowest BCUT2D eigenvalue weighted by Gasteiger charge is -2.07. The van der Waals surface area contributed by atoms with E-state index in [1.165, 1.54) is 0 Å². The SMILES string of the molecule is Cn1ccnc1CNS(=O)(=O)c1[nH]ncc1CNC1CC1. The molecule has 21 heavy (non-hydrogen) atoms. The summed E-state index contributed by atoms with van der Waals surface area (Å²) in [6.45, 7) is 0.639. The molecule has 1 saturated carbocycles. The van der Waals surface area contributed by atoms with Crippen LogP contribution in [0.3, 0.4) is 0 Å². The molecule has 0 amide bonds. The first kappa shape index (κ1) is 14.2. The Morgan fingerprint density at radius 1 is 1.43 bits per heavy atom. The number of aryl methyl sites for hydroxylation is 1. The molecule has 1 fully saturated rings. The standard InChI is InChI=1S/C12H18N6O2S/c1-18-5-4-13-11(18)8-16-21(19,20)12-9(7-15-17-12)6-14-10-2-3-10/h4-5,7,10,14,16H,2-3,6,8H2,1H3,(H,15,17). The lowest BCUT2D eigenvalue weighted by molar-refractivity contribution is 0.570. The third-order valence-corrected chi connectivity index (χ3v) is 4.86. The van der Waals surface area contributed by atoms with Gasteiger partial charge in [-0.1, -0.05) is 0 Å². The first-order valence-electron chi connectivity index (χ1n) is 6.78. The number of hydrogen-bond acceptors (Lipinski definition) is 5. The number of nitrogens with zero attached hydrogens (tertiary/aromatic N) is 3. The molecule has 0 bridgehead atoms. The second kappa shape index (κ2) is 5.58. The van der Waals surface area contributed by atoms with Gasteiger partial charge in [0.15, 0.2) is 5.03 Å². The zero-order chi connectivity index (χ0) is 14.9. The fourth-order valence-electron chi connectivity index (χ4n) is 2.00. The smallest absolute Gasteiger partial charge is 0.258 e. The summed E-state index contributed by atoms with van der Waals surface area (Å²) in [7, 11) is -1.81. The highest BCUT2D eigenvalue weighted by atomic mass is 32.2. The van der Waals surface area contributed by atoms with E-state index in [1.54, 1.807) is 23.2 Å². The van der Waals surface area contributed by atoms with E-state index in [9.17, 15) is 8.42 Å². The number of nitrogens with one attached hydrogen (secondary N) is 3. The molecular weight excluding hydrogens is 292 g/mol. The van der Waals surface area contributed by atoms with Crippen molar-refractivity contribution in [3.8, 4) is 0 Å². The van der Waals surface area contributed by atoms with Crippen LogP contribution in [0.1, 0.15) is 24.2 Å². The van der Waals surface area contributed by atoms with Crippen LogP contribution in [0.2, 0.25) is 0 Å². The van der Waals surface area contributed by atoms with E-state index in [1.807, 2.05) is 7.05 Å². The van der Waals surface area contributed by atoms with Gasteiger partial charge in [0, 0.05) is 37.6 Å². The first-order valence-corrected chi connectivity index (χ1v) is 8.26. The predicted molar refractivity (Wildman–Crippen MR) is 75.7 cm³/mol. The van der Waals surface area contributed by atoms with Gasteiger partial charge >= 0.3 is 0 Å². The van der Waals surface area contributed by atoms with Gasteiger partial charge in [0.1, 0.15) is 5.82 Å². The molecule has 3 rings (SSSR count). The van der Waals surface area contributed by atoms with Crippen molar-refractivity contribution in [2.75, 3.05) is 0 Å². The minimum atomic E-state index is -3.63. The maximum absolute atomic E-state index is 12.3. The van der Waals surface area contributed by atoms with Crippen molar-refractivity contribution in [3.05, 3.63) is 30.0 Å². The number of aromatic nitrogens is 4. The normalized spacial score (nSPS) is 15.5. The fraction of sp³-hybridized carbons (Fsp3) is 0.500. The van der Waals surface area contributed by atoms with E-state index in [0.29, 0.717) is 24.0 Å². The van der Waals surface area contributed by atoms with Crippen molar-refractivity contribution < 1.29 is 8.42 Å². The van der Waals surface area contributed by atoms with Crippen LogP contribution in [0.25, 0.3) is 0 Å². The quantitative estimate of drug-likeness (QED) is 0.661. The van der Waals surface area contributed by atoms with E-state index < -0.39 is 10.0 Å². The van der Waals surface area contributed by atoms with Crippen molar-refractivity contribution in [1.29, 1.82) is 0 Å². The Morgan fingerprint density at radius 3 is 2.90 bits per heavy atom. The van der Waals surface area contributed by atoms with Gasteiger partial charge in [0.05, 0.1) is 12.7 Å². The summed E-state index contributed by atoms with van der Waals surface area (Å²) in [6, 6.07) is 0.510. The molecule has 0 saturated heterocycles. The van der Waals surface area contributed by atoms with Crippen molar-refractivity contribution in [2.24, 2.45) is 7.05 Å². The summed E-state index contributed by atoms with van der Waals surface area (Å²) in [5, 5.41) is 9.81. The minimum absolute atomic E-state index is 0.116. The molecule has 114 valence electrons. The Morgan fingerprint density at radius 2 is 2.24 bits per heavy atom. The number of imidazole rings is 1. The highest BCUT2D eigenvalue weighted by molar-refractivity contribution is 7.89. The molecule has 2 heterocycles. The van der Waals surface area contributed by atoms with E-state index in [4.69, 9.17) is 0 Å². The van der Waals surface area contributed by atoms with Crippen molar-refractivity contribution in [1.82, 2.24) is 29.8 Å². The molecule has 2 aromatic rings. The molecule has 0 radical (unpaired) electrons. The minimum Gasteiger partial charge on any atom is -0.337 e. The van der Waals surface area contributed by atoms with Gasteiger partial charge in [0.2, 0.25) is 0 Å². The first-order chi connectivity index (χ1) is 10.1. The molecule has 2 aromatic heterocycles. The van der Waals surface area contributed by atoms with Gasteiger partial charge in [0.25, 0.3) is 10.0 Å². The maximum Gasteiger partial charge on any atom is 0.258 e. The van der Waals surface area contributed by atoms with Gasteiger partial charge in [-0.3, -0.25) is 5.10 Å². The third kappa shape index (κ3) is 3.31. The molecule has 0 spiro atoms. The number of H-pyrrole nitrogens is 1. The zero-order valence-corrected chi connectivity index (χ0v) is 12.5. The average Bonchev–Trinajstić information content (AvgIpc) is 2.98. The fourth-order valence-corrected chi connectivity index (χ4v) is 3.10. The molecule has 1 aliphatic rings. The van der Waals surface area contributed by atoms with E-state index >= 15 is 0 Å². The average molecular weight is 310 g/mol. The van der Waals surface area contributed by atoms with Crippen molar-refractivity contribution >= 4 is 10.0 Å². The maximum atomic E-state index is 12.3. The number of hydrogen-bond donors (Lipinski definition) is 3. The van der Waals surface area contributed by atoms with E-state index in [0.717, 1.165) is 12.8 Å². The number of aromatic amines is 1. The molecule has 8 nitrogen and oxygen atoms in total. The molecule has 3 N–H and O–H groups in total. The molecule has 0 aromatic carbocycles. The van der Waals surface area contributed by atoms with Crippen molar-refractivity contribution in [2.45, 2.75) is 37.0 Å². The summed E-state index contributed by atoms with van der Waals surface area (Å²) in [5.74, 6) is 0.649. The van der Waals surface area contributed by atoms with Gasteiger partial charge < -0.3 is 9.88 Å². The van der Waals surface area contributed by atoms with Crippen LogP contribution in [0, 0.1) is 0 Å². The van der Waals surface area contributed by atoms with Gasteiger partial charge in [-0.05, 0) is 12.8 Å². The lowest BCUT2D eigenvalue weighted by atomic mass is 10.3. The van der Waals surface area contributed by atoms with Crippen LogP contribution in [0.15, 0.2) is 23.6 Å². The van der Waals surface area contributed by atoms with E-state index in [2.05, 4.69) is 25.2 Å². The molecule has 1 aliphatic carbocycles. The number of sulfonamides is 1. The third-order valence-electron chi connectivity index (χ3n) is 3.45. The predicted octanol–water partition coefficient (Wildman–Crippen LogP) is -0.126. The molecule has 0 aliphatic heterocycles. The summed E-state index contributed by atoms with van der Waals surface area (Å²) >= 11 is 0. The van der Waals surface area contributed by atoms with Crippen molar-refractivity contribution in [3.63, 3.8) is 0 Å². The number of rotatable bonds is 7. The highest BCUT2D eigenvalue weighted by Gasteiger charge is 2.24. The van der Waals surface area contributed by atoms with Crippen LogP contribution in [0.5, 0.6) is 0 Å². The Bertz CT molecular complexity index is 716. The monoisotopic (exact) mass is 310 g/mol. The Hall–Kier alpha value is -1.71. The van der Waals surface area contributed by atoms with E-state index in [-0.39, 0.29) is 11.6 Å². The van der Waals surface area contributed by atoms with Crippen LogP contribution >= 0.6 is 0 Å².